The number of hydrogen-bond donors (Lipinski definition) is 3. The number of aryl methyl sites for hydroxylation is 2. The molecule has 2 amide bonds. The molecule has 8 heteroatoms. The first kappa shape index (κ1) is 25.9. The van der Waals surface area contributed by atoms with Crippen LogP contribution in [-0.4, -0.2) is 36.7 Å². The Balaban J connectivity index is 1.59. The number of nitrogens with one attached hydrogen (secondary N) is 3. The first-order valence-corrected chi connectivity index (χ1v) is 11.7. The van der Waals surface area contributed by atoms with E-state index in [4.69, 9.17) is 21.7 Å². The fraction of sp³-hybridized carbons (Fsp3) is 0.222. The molecule has 0 unspecified atom stereocenters. The molecule has 35 heavy (non-hydrogen) atoms. The predicted octanol–water partition coefficient (Wildman–Crippen LogP) is 5.10. The molecular formula is C27H29N3O4S. The monoisotopic (exact) mass is 491 g/mol. The second-order valence-electron chi connectivity index (χ2n) is 7.78. The van der Waals surface area contributed by atoms with Crippen molar-refractivity contribution in [2.45, 2.75) is 20.8 Å². The minimum atomic E-state index is -0.375. The number of amides is 2. The van der Waals surface area contributed by atoms with E-state index in [0.717, 1.165) is 11.1 Å². The van der Waals surface area contributed by atoms with Crippen molar-refractivity contribution in [3.63, 3.8) is 0 Å². The van der Waals surface area contributed by atoms with Crippen LogP contribution in [0.1, 0.15) is 38.8 Å². The highest BCUT2D eigenvalue weighted by Gasteiger charge is 2.14. The molecule has 0 saturated heterocycles. The molecule has 0 spiro atoms. The molecule has 0 atom stereocenters. The summed E-state index contributed by atoms with van der Waals surface area (Å²) in [6.45, 7) is 7.50. The smallest absolute Gasteiger partial charge is 0.257 e. The molecule has 3 N–H and O–H groups in total. The van der Waals surface area contributed by atoms with Gasteiger partial charge in [-0.3, -0.25) is 14.9 Å². The summed E-state index contributed by atoms with van der Waals surface area (Å²) in [5.41, 5.74) is 4.24. The molecule has 0 aliphatic heterocycles. The van der Waals surface area contributed by atoms with Gasteiger partial charge in [-0.15, -0.1) is 0 Å². The fourth-order valence-electron chi connectivity index (χ4n) is 3.20. The number of anilines is 2. The number of carbonyl (C=O) groups is 2. The highest BCUT2D eigenvalue weighted by molar-refractivity contribution is 7.80. The molecule has 0 fully saturated rings. The van der Waals surface area contributed by atoms with Gasteiger partial charge < -0.3 is 20.1 Å². The van der Waals surface area contributed by atoms with Crippen LogP contribution in [0.15, 0.2) is 66.7 Å². The number of hydrogen-bond acceptors (Lipinski definition) is 5. The summed E-state index contributed by atoms with van der Waals surface area (Å²) in [5.74, 6) is -0.0171. The predicted molar refractivity (Wildman–Crippen MR) is 142 cm³/mol. The summed E-state index contributed by atoms with van der Waals surface area (Å²) in [4.78, 5) is 25.5. The number of ether oxygens (including phenoxy) is 2. The lowest BCUT2D eigenvalue weighted by molar-refractivity contribution is 0.0976. The maximum atomic E-state index is 12.9. The van der Waals surface area contributed by atoms with Crippen LogP contribution in [0.3, 0.4) is 0 Å². The molecule has 182 valence electrons. The molecule has 0 radical (unpaired) electrons. The van der Waals surface area contributed by atoms with Crippen LogP contribution < -0.4 is 20.7 Å². The van der Waals surface area contributed by atoms with E-state index in [1.54, 1.807) is 48.5 Å². The quantitative estimate of drug-likeness (QED) is 0.285. The Morgan fingerprint density at radius 3 is 2.31 bits per heavy atom. The van der Waals surface area contributed by atoms with Crippen LogP contribution in [0.5, 0.6) is 5.75 Å². The maximum Gasteiger partial charge on any atom is 0.257 e. The highest BCUT2D eigenvalue weighted by Crippen LogP contribution is 2.19. The van der Waals surface area contributed by atoms with Gasteiger partial charge in [0.05, 0.1) is 17.9 Å². The second kappa shape index (κ2) is 12.6. The summed E-state index contributed by atoms with van der Waals surface area (Å²) < 4.78 is 10.8. The van der Waals surface area contributed by atoms with Gasteiger partial charge in [0.1, 0.15) is 12.4 Å². The summed E-state index contributed by atoms with van der Waals surface area (Å²) in [6, 6.07) is 19.4. The van der Waals surface area contributed by atoms with Gasteiger partial charge in [-0.25, -0.2) is 0 Å². The molecule has 0 aliphatic carbocycles. The first-order valence-electron chi connectivity index (χ1n) is 11.3. The zero-order valence-electron chi connectivity index (χ0n) is 20.0. The van der Waals surface area contributed by atoms with Crippen molar-refractivity contribution in [3.8, 4) is 5.75 Å². The van der Waals surface area contributed by atoms with Gasteiger partial charge >= 0.3 is 0 Å². The summed E-state index contributed by atoms with van der Waals surface area (Å²) in [5, 5.41) is 8.58. The van der Waals surface area contributed by atoms with Crippen LogP contribution in [0.2, 0.25) is 0 Å². The Labute approximate surface area is 210 Å². The van der Waals surface area contributed by atoms with Crippen molar-refractivity contribution in [3.05, 3.63) is 89.0 Å². The minimum absolute atomic E-state index is 0.0819. The van der Waals surface area contributed by atoms with Crippen LogP contribution in [0.4, 0.5) is 11.4 Å². The van der Waals surface area contributed by atoms with E-state index >= 15 is 0 Å². The van der Waals surface area contributed by atoms with E-state index in [1.807, 2.05) is 39.0 Å². The van der Waals surface area contributed by atoms with Gasteiger partial charge in [0.25, 0.3) is 11.8 Å². The van der Waals surface area contributed by atoms with Gasteiger partial charge in [-0.05, 0) is 92.6 Å². The van der Waals surface area contributed by atoms with Crippen molar-refractivity contribution in [1.82, 2.24) is 5.32 Å². The summed E-state index contributed by atoms with van der Waals surface area (Å²) in [7, 11) is 0. The Bertz CT molecular complexity index is 1200. The largest absolute Gasteiger partial charge is 0.491 e. The Morgan fingerprint density at radius 1 is 0.857 bits per heavy atom. The van der Waals surface area contributed by atoms with E-state index in [-0.39, 0.29) is 16.9 Å². The van der Waals surface area contributed by atoms with Crippen molar-refractivity contribution < 1.29 is 19.1 Å². The maximum absolute atomic E-state index is 12.9. The third-order valence-corrected chi connectivity index (χ3v) is 5.43. The molecule has 0 aliphatic rings. The zero-order valence-corrected chi connectivity index (χ0v) is 20.8. The second-order valence-corrected chi connectivity index (χ2v) is 8.19. The topological polar surface area (TPSA) is 88.7 Å². The van der Waals surface area contributed by atoms with Crippen LogP contribution >= 0.6 is 12.2 Å². The lowest BCUT2D eigenvalue weighted by atomic mass is 10.1. The molecule has 0 bridgehead atoms. The molecular weight excluding hydrogens is 462 g/mol. The van der Waals surface area contributed by atoms with Crippen molar-refractivity contribution >= 4 is 40.5 Å². The number of benzene rings is 3. The highest BCUT2D eigenvalue weighted by atomic mass is 32.1. The molecule has 3 aromatic carbocycles. The van der Waals surface area contributed by atoms with Gasteiger partial charge in [0, 0.05) is 17.9 Å². The number of thiocarbonyl (C=S) groups is 1. The number of rotatable bonds is 9. The summed E-state index contributed by atoms with van der Waals surface area (Å²) in [6.07, 6.45) is 0. The van der Waals surface area contributed by atoms with Gasteiger partial charge in [-0.1, -0.05) is 18.2 Å². The molecule has 0 aromatic heterocycles. The van der Waals surface area contributed by atoms with E-state index < -0.39 is 0 Å². The first-order chi connectivity index (χ1) is 16.9. The Hall–Kier alpha value is -3.75. The third kappa shape index (κ3) is 7.63. The average molecular weight is 492 g/mol. The number of para-hydroxylation sites is 1. The average Bonchev–Trinajstić information content (AvgIpc) is 2.84. The lowest BCUT2D eigenvalue weighted by Crippen LogP contribution is -2.34. The van der Waals surface area contributed by atoms with Crippen molar-refractivity contribution in [1.29, 1.82) is 0 Å². The molecule has 0 saturated carbocycles. The third-order valence-electron chi connectivity index (χ3n) is 5.23. The molecule has 0 heterocycles. The van der Waals surface area contributed by atoms with Crippen LogP contribution in [0, 0.1) is 13.8 Å². The zero-order chi connectivity index (χ0) is 25.2. The lowest BCUT2D eigenvalue weighted by Gasteiger charge is -2.14. The van der Waals surface area contributed by atoms with Gasteiger partial charge in [-0.2, -0.15) is 0 Å². The Morgan fingerprint density at radius 2 is 1.60 bits per heavy atom. The normalized spacial score (nSPS) is 10.4. The fourth-order valence-corrected chi connectivity index (χ4v) is 3.40. The van der Waals surface area contributed by atoms with Crippen LogP contribution in [-0.2, 0) is 4.74 Å². The molecule has 3 rings (SSSR count). The van der Waals surface area contributed by atoms with E-state index in [2.05, 4.69) is 16.0 Å². The van der Waals surface area contributed by atoms with E-state index in [9.17, 15) is 9.59 Å². The molecule has 3 aromatic rings. The molecule has 7 nitrogen and oxygen atoms in total. The minimum Gasteiger partial charge on any atom is -0.491 e. The van der Waals surface area contributed by atoms with Crippen molar-refractivity contribution in [2.75, 3.05) is 30.5 Å². The standard InChI is InChI=1S/C27H29N3O4S/c1-4-33-15-16-34-22-13-10-20(11-14-22)25(31)30-27(35)29-24-8-6-5-7-23(24)26(32)28-21-12-9-18(2)19(3)17-21/h5-14,17H,4,15-16H2,1-3H3,(H,28,32)(H2,29,30,31,35). The van der Waals surface area contributed by atoms with Crippen LogP contribution in [0.25, 0.3) is 0 Å². The number of carbonyl (C=O) groups excluding carboxylic acids is 2. The Kier molecular flexibility index (Phi) is 9.34. The van der Waals surface area contributed by atoms with Gasteiger partial charge in [0.2, 0.25) is 0 Å². The van der Waals surface area contributed by atoms with Crippen molar-refractivity contribution in [2.24, 2.45) is 0 Å². The van der Waals surface area contributed by atoms with E-state index in [1.165, 1.54) is 0 Å². The van der Waals surface area contributed by atoms with Gasteiger partial charge in [0.15, 0.2) is 5.11 Å². The summed E-state index contributed by atoms with van der Waals surface area (Å²) >= 11 is 5.31. The SMILES string of the molecule is CCOCCOc1ccc(C(=O)NC(=S)Nc2ccccc2C(=O)Nc2ccc(C)c(C)c2)cc1. The van der Waals surface area contributed by atoms with E-state index in [0.29, 0.717) is 48.1 Å².